The Morgan fingerprint density at radius 1 is 1.06 bits per heavy atom. The minimum atomic E-state index is -0.248. The standard InChI is InChI=1S/C25H19ClN2O4/c1-2-30-18-10-8-17(9-11-18)28-24(19-5-3-4-6-20(19)26)27-21(25(28)29)13-16-7-12-22-23(14-16)32-15-31-22/h3-14H,2,15H2,1H3/b21-13+. The van der Waals surface area contributed by atoms with Crippen LogP contribution in [-0.4, -0.2) is 25.1 Å². The van der Waals surface area contributed by atoms with Crippen LogP contribution in [0.5, 0.6) is 17.2 Å². The maximum Gasteiger partial charge on any atom is 0.282 e. The molecule has 2 heterocycles. The smallest absolute Gasteiger partial charge is 0.282 e. The Balaban J connectivity index is 1.57. The van der Waals surface area contributed by atoms with Crippen LogP contribution in [0.15, 0.2) is 77.4 Å². The predicted octanol–water partition coefficient (Wildman–Crippen LogP) is 5.30. The third-order valence-corrected chi connectivity index (χ3v) is 5.41. The van der Waals surface area contributed by atoms with E-state index in [0.29, 0.717) is 45.9 Å². The van der Waals surface area contributed by atoms with Gasteiger partial charge < -0.3 is 14.2 Å². The normalized spacial score (nSPS) is 15.9. The van der Waals surface area contributed by atoms with Crippen molar-refractivity contribution >= 4 is 35.1 Å². The number of carbonyl (C=O) groups excluding carboxylic acids is 1. The van der Waals surface area contributed by atoms with Crippen LogP contribution in [0.3, 0.4) is 0 Å². The van der Waals surface area contributed by atoms with E-state index in [1.165, 1.54) is 0 Å². The number of hydrogen-bond donors (Lipinski definition) is 0. The molecule has 7 heteroatoms. The van der Waals surface area contributed by atoms with E-state index in [9.17, 15) is 4.79 Å². The number of rotatable bonds is 5. The number of amides is 1. The molecule has 0 atom stereocenters. The summed E-state index contributed by atoms with van der Waals surface area (Å²) in [5.74, 6) is 2.28. The summed E-state index contributed by atoms with van der Waals surface area (Å²) in [6, 6.07) is 20.2. The van der Waals surface area contributed by atoms with Crippen molar-refractivity contribution < 1.29 is 19.0 Å². The number of halogens is 1. The number of hydrogen-bond acceptors (Lipinski definition) is 5. The number of nitrogens with zero attached hydrogens (tertiary/aromatic N) is 2. The lowest BCUT2D eigenvalue weighted by molar-refractivity contribution is -0.113. The summed E-state index contributed by atoms with van der Waals surface area (Å²) in [7, 11) is 0. The van der Waals surface area contributed by atoms with Crippen molar-refractivity contribution in [1.29, 1.82) is 0 Å². The number of anilines is 1. The van der Waals surface area contributed by atoms with Gasteiger partial charge in [-0.2, -0.15) is 0 Å². The van der Waals surface area contributed by atoms with Gasteiger partial charge in [0.15, 0.2) is 11.5 Å². The molecule has 0 saturated carbocycles. The fourth-order valence-electron chi connectivity index (χ4n) is 3.60. The summed E-state index contributed by atoms with van der Waals surface area (Å²) in [6.07, 6.45) is 1.73. The largest absolute Gasteiger partial charge is 0.494 e. The van der Waals surface area contributed by atoms with Crippen LogP contribution < -0.4 is 19.1 Å². The molecule has 0 unspecified atom stereocenters. The summed E-state index contributed by atoms with van der Waals surface area (Å²) < 4.78 is 16.3. The highest BCUT2D eigenvalue weighted by Crippen LogP contribution is 2.35. The van der Waals surface area contributed by atoms with Crippen molar-refractivity contribution in [2.75, 3.05) is 18.3 Å². The Kier molecular flexibility index (Phi) is 5.29. The minimum Gasteiger partial charge on any atom is -0.494 e. The highest BCUT2D eigenvalue weighted by molar-refractivity contribution is 6.39. The van der Waals surface area contributed by atoms with Gasteiger partial charge in [-0.15, -0.1) is 0 Å². The number of aliphatic imine (C=N–C) groups is 1. The average Bonchev–Trinajstić information content (AvgIpc) is 3.39. The SMILES string of the molecule is CCOc1ccc(N2C(=O)/C(=C\c3ccc4c(c3)OCO4)N=C2c2ccccc2Cl)cc1. The Bertz CT molecular complexity index is 1250. The van der Waals surface area contributed by atoms with Crippen molar-refractivity contribution in [3.05, 3.63) is 88.6 Å². The second kappa shape index (κ2) is 8.40. The van der Waals surface area contributed by atoms with Crippen LogP contribution in [0.4, 0.5) is 5.69 Å². The van der Waals surface area contributed by atoms with Crippen molar-refractivity contribution in [2.24, 2.45) is 4.99 Å². The van der Waals surface area contributed by atoms with Gasteiger partial charge in [-0.3, -0.25) is 9.69 Å². The third-order valence-electron chi connectivity index (χ3n) is 5.08. The Labute approximate surface area is 190 Å². The molecule has 0 N–H and O–H groups in total. The summed E-state index contributed by atoms with van der Waals surface area (Å²) >= 11 is 6.45. The molecule has 3 aromatic carbocycles. The zero-order valence-corrected chi connectivity index (χ0v) is 18.0. The lowest BCUT2D eigenvalue weighted by atomic mass is 10.1. The van der Waals surface area contributed by atoms with Crippen LogP contribution in [0.25, 0.3) is 6.08 Å². The van der Waals surface area contributed by atoms with Gasteiger partial charge >= 0.3 is 0 Å². The van der Waals surface area contributed by atoms with Crippen LogP contribution in [0.1, 0.15) is 18.1 Å². The van der Waals surface area contributed by atoms with E-state index in [1.807, 2.05) is 67.6 Å². The van der Waals surface area contributed by atoms with E-state index < -0.39 is 0 Å². The first-order valence-electron chi connectivity index (χ1n) is 10.2. The fourth-order valence-corrected chi connectivity index (χ4v) is 3.82. The van der Waals surface area contributed by atoms with Crippen molar-refractivity contribution in [3.8, 4) is 17.2 Å². The van der Waals surface area contributed by atoms with Gasteiger partial charge in [0.25, 0.3) is 5.91 Å². The highest BCUT2D eigenvalue weighted by Gasteiger charge is 2.33. The van der Waals surface area contributed by atoms with E-state index in [1.54, 1.807) is 17.0 Å². The molecular weight excluding hydrogens is 428 g/mol. The highest BCUT2D eigenvalue weighted by atomic mass is 35.5. The molecule has 0 radical (unpaired) electrons. The van der Waals surface area contributed by atoms with E-state index in [-0.39, 0.29) is 12.7 Å². The molecule has 0 bridgehead atoms. The van der Waals surface area contributed by atoms with Crippen LogP contribution in [0, 0.1) is 0 Å². The van der Waals surface area contributed by atoms with Gasteiger partial charge in [0, 0.05) is 5.56 Å². The van der Waals surface area contributed by atoms with Gasteiger partial charge in [-0.1, -0.05) is 29.8 Å². The maximum atomic E-state index is 13.5. The molecule has 2 aliphatic heterocycles. The van der Waals surface area contributed by atoms with Gasteiger partial charge in [0.05, 0.1) is 17.3 Å². The quantitative estimate of drug-likeness (QED) is 0.499. The Morgan fingerprint density at radius 2 is 1.84 bits per heavy atom. The number of ether oxygens (including phenoxy) is 3. The molecule has 1 amide bonds. The molecule has 0 spiro atoms. The van der Waals surface area contributed by atoms with Crippen molar-refractivity contribution in [2.45, 2.75) is 6.92 Å². The van der Waals surface area contributed by atoms with Gasteiger partial charge in [0.2, 0.25) is 6.79 Å². The first-order chi connectivity index (χ1) is 15.6. The topological polar surface area (TPSA) is 60.4 Å². The molecule has 0 fully saturated rings. The van der Waals surface area contributed by atoms with E-state index >= 15 is 0 Å². The van der Waals surface area contributed by atoms with Gasteiger partial charge in [-0.05, 0) is 67.1 Å². The summed E-state index contributed by atoms with van der Waals surface area (Å²) in [4.78, 5) is 19.7. The zero-order valence-electron chi connectivity index (χ0n) is 17.2. The Hall–Kier alpha value is -3.77. The molecule has 6 nitrogen and oxygen atoms in total. The average molecular weight is 447 g/mol. The Morgan fingerprint density at radius 3 is 2.62 bits per heavy atom. The number of benzene rings is 3. The van der Waals surface area contributed by atoms with Gasteiger partial charge in [-0.25, -0.2) is 4.99 Å². The van der Waals surface area contributed by atoms with Crippen LogP contribution in [0.2, 0.25) is 5.02 Å². The molecule has 32 heavy (non-hydrogen) atoms. The van der Waals surface area contributed by atoms with Gasteiger partial charge in [0.1, 0.15) is 17.3 Å². The zero-order chi connectivity index (χ0) is 22.1. The number of amidine groups is 1. The molecule has 160 valence electrons. The molecular formula is C25H19ClN2O4. The summed E-state index contributed by atoms with van der Waals surface area (Å²) in [6.45, 7) is 2.68. The molecule has 0 saturated heterocycles. The predicted molar refractivity (Wildman–Crippen MR) is 124 cm³/mol. The van der Waals surface area contributed by atoms with E-state index in [4.69, 9.17) is 25.8 Å². The second-order valence-electron chi connectivity index (χ2n) is 7.13. The first-order valence-corrected chi connectivity index (χ1v) is 10.5. The maximum absolute atomic E-state index is 13.5. The second-order valence-corrected chi connectivity index (χ2v) is 7.53. The third kappa shape index (κ3) is 3.69. The first kappa shape index (κ1) is 20.2. The van der Waals surface area contributed by atoms with Crippen molar-refractivity contribution in [1.82, 2.24) is 0 Å². The molecule has 0 aliphatic carbocycles. The summed E-state index contributed by atoms with van der Waals surface area (Å²) in [5, 5.41) is 0.513. The fraction of sp³-hybridized carbons (Fsp3) is 0.120. The molecule has 5 rings (SSSR count). The van der Waals surface area contributed by atoms with E-state index in [2.05, 4.69) is 4.99 Å². The van der Waals surface area contributed by atoms with E-state index in [0.717, 1.165) is 11.3 Å². The number of carbonyl (C=O) groups is 1. The monoisotopic (exact) mass is 446 g/mol. The summed E-state index contributed by atoms with van der Waals surface area (Å²) in [5.41, 5.74) is 2.43. The van der Waals surface area contributed by atoms with Crippen LogP contribution in [-0.2, 0) is 4.79 Å². The minimum absolute atomic E-state index is 0.189. The van der Waals surface area contributed by atoms with Crippen molar-refractivity contribution in [3.63, 3.8) is 0 Å². The van der Waals surface area contributed by atoms with Crippen LogP contribution >= 0.6 is 11.6 Å². The lowest BCUT2D eigenvalue weighted by Gasteiger charge is -2.19. The lowest BCUT2D eigenvalue weighted by Crippen LogP contribution is -2.32. The molecule has 3 aromatic rings. The molecule has 0 aromatic heterocycles. The molecule has 2 aliphatic rings. The number of fused-ring (bicyclic) bond motifs is 1.